The topological polar surface area (TPSA) is 677 Å². The number of nitrogens with one attached hydrogen (secondary N) is 1. The zero-order chi connectivity index (χ0) is 80.1. The smallest absolute Gasteiger partial charge is 0.337 e. The van der Waals surface area contributed by atoms with Crippen LogP contribution in [0.5, 0.6) is 0 Å². The predicted octanol–water partition coefficient (Wildman–Crippen LogP) is -10.7. The molecule has 0 fully saturated rings. The molecule has 0 spiro atoms. The number of hydrogen-bond donors (Lipinski definition) is 23. The lowest BCUT2D eigenvalue weighted by atomic mass is 10.0. The first-order valence-electron chi connectivity index (χ1n) is 30.0. The predicted molar refractivity (Wildman–Crippen MR) is 354 cm³/mol. The second kappa shape index (κ2) is 74.2. The molecule has 13 atom stereocenters. The minimum absolute atomic E-state index is 0.0485. The third kappa shape index (κ3) is 66.7. The zero-order valence-corrected chi connectivity index (χ0v) is 57.3. The fraction of sp³-hybridized carbons (Fsp3) is 0.639. The van der Waals surface area contributed by atoms with Gasteiger partial charge in [0, 0.05) is 61.3 Å². The van der Waals surface area contributed by atoms with E-state index in [1.807, 2.05) is 0 Å². The number of aliphatic hydroxyl groups is 22. The third-order valence-corrected chi connectivity index (χ3v) is 11.8. The third-order valence-electron chi connectivity index (χ3n) is 10.8. The van der Waals surface area contributed by atoms with E-state index in [1.165, 1.54) is 13.0 Å². The zero-order valence-electron chi connectivity index (χ0n) is 56.5. The molecule has 0 aromatic rings. The van der Waals surface area contributed by atoms with Gasteiger partial charge in [0.25, 0.3) is 0 Å². The van der Waals surface area contributed by atoms with Gasteiger partial charge in [-0.2, -0.15) is 0 Å². The lowest BCUT2D eigenvalue weighted by molar-refractivity contribution is -0.173. The van der Waals surface area contributed by atoms with Gasteiger partial charge in [0.2, 0.25) is 11.0 Å². The molecule has 0 heterocycles. The summed E-state index contributed by atoms with van der Waals surface area (Å²) in [5.41, 5.74) is 0.115. The number of thioether (sulfide) groups is 1. The molecule has 102 heavy (non-hydrogen) atoms. The highest BCUT2D eigenvalue weighted by Gasteiger charge is 2.35. The van der Waals surface area contributed by atoms with Gasteiger partial charge >= 0.3 is 35.8 Å². The van der Waals surface area contributed by atoms with Gasteiger partial charge in [-0.15, -0.1) is 0 Å². The molecule has 0 radical (unpaired) electrons. The van der Waals surface area contributed by atoms with Crippen LogP contribution in [-0.2, 0) is 81.0 Å². The van der Waals surface area contributed by atoms with Gasteiger partial charge in [-0.3, -0.25) is 9.59 Å². The normalized spacial score (nSPS) is 14.2. The maximum atomic E-state index is 11.4. The van der Waals surface area contributed by atoms with E-state index in [4.69, 9.17) is 110 Å². The molecule has 0 rings (SSSR count). The van der Waals surface area contributed by atoms with Crippen LogP contribution in [-0.4, -0.2) is 389 Å². The van der Waals surface area contributed by atoms with Crippen molar-refractivity contribution in [2.45, 2.75) is 98.8 Å². The first kappa shape index (κ1) is 109. The maximum absolute atomic E-state index is 11.4. The SMILES string of the molecule is C=C(C)C(=O)OCC(O)COC(=O)C(O)C(O)C(O)C(O)CO.C=CC(=O)NCC(O)CO.C=CC(=O)OC(CO)C(CO)CCO.C=CC(=O)OC(CO)COC(CO)CO.C=CC(=O)OC(CO)COCC(O)CO.C=CC(=O)OCC(O)COC(CO)CO.C=CC(=O)SCC(O)CO. The van der Waals surface area contributed by atoms with Crippen molar-refractivity contribution in [3.63, 3.8) is 0 Å². The Balaban J connectivity index is -0.000000210. The molecule has 0 aromatic heterocycles. The van der Waals surface area contributed by atoms with Gasteiger partial charge in [-0.25, -0.2) is 28.8 Å². The number of ether oxygens (including phenoxy) is 9. The van der Waals surface area contributed by atoms with E-state index in [1.54, 1.807) is 0 Å². The summed E-state index contributed by atoms with van der Waals surface area (Å²) >= 11 is 0.942. The second-order valence-electron chi connectivity index (χ2n) is 19.5. The number of carbonyl (C=O) groups excluding carboxylic acids is 8. The fourth-order valence-electron chi connectivity index (χ4n) is 5.12. The summed E-state index contributed by atoms with van der Waals surface area (Å²) in [4.78, 5) is 86.3. The van der Waals surface area contributed by atoms with Crippen molar-refractivity contribution >= 4 is 58.6 Å². The minimum Gasteiger partial charge on any atom is -0.461 e. The van der Waals surface area contributed by atoms with Crippen LogP contribution in [0.3, 0.4) is 0 Å². The summed E-state index contributed by atoms with van der Waals surface area (Å²) < 4.78 is 42.5. The van der Waals surface area contributed by atoms with Crippen LogP contribution < -0.4 is 5.32 Å². The Kier molecular flexibility index (Phi) is 79.2. The van der Waals surface area contributed by atoms with E-state index in [0.29, 0.717) is 0 Å². The second-order valence-corrected chi connectivity index (χ2v) is 20.5. The Labute approximate surface area is 592 Å². The van der Waals surface area contributed by atoms with Crippen LogP contribution in [0.25, 0.3) is 0 Å². The number of amides is 1. The number of aliphatic hydroxyl groups excluding tert-OH is 22. The van der Waals surface area contributed by atoms with E-state index in [-0.39, 0.29) is 134 Å². The van der Waals surface area contributed by atoms with E-state index < -0.39 is 160 Å². The van der Waals surface area contributed by atoms with E-state index in [0.717, 1.165) is 42.1 Å². The van der Waals surface area contributed by atoms with Crippen molar-refractivity contribution in [1.82, 2.24) is 5.32 Å². The highest BCUT2D eigenvalue weighted by molar-refractivity contribution is 8.14. The van der Waals surface area contributed by atoms with Crippen molar-refractivity contribution in [3.05, 3.63) is 88.1 Å². The van der Waals surface area contributed by atoms with Crippen LogP contribution in [0.15, 0.2) is 88.1 Å². The number of rotatable bonds is 49. The van der Waals surface area contributed by atoms with Gasteiger partial charge in [-0.1, -0.05) is 57.8 Å². The molecule has 0 saturated heterocycles. The monoisotopic (exact) mass is 1510 g/mol. The van der Waals surface area contributed by atoms with E-state index in [9.17, 15) is 63.9 Å². The Morgan fingerprint density at radius 3 is 1.26 bits per heavy atom. The van der Waals surface area contributed by atoms with E-state index >= 15 is 0 Å². The Morgan fingerprint density at radius 1 is 0.422 bits per heavy atom. The average molecular weight is 1510 g/mol. The van der Waals surface area contributed by atoms with Crippen LogP contribution in [0.4, 0.5) is 0 Å². The van der Waals surface area contributed by atoms with Gasteiger partial charge in [-0.05, 0) is 25.5 Å². The molecule has 596 valence electrons. The summed E-state index contributed by atoms with van der Waals surface area (Å²) in [5, 5.41) is 197. The van der Waals surface area contributed by atoms with Gasteiger partial charge in [0.05, 0.1) is 111 Å². The molecule has 13 unspecified atom stereocenters. The standard InChI is InChI=1S/C13H22O10.3C9H16O6.C9H16O5.C6H11NO3.C6H10O3S/c1-6(2)12(20)22-4-7(15)5-23-13(21)11(19)10(18)9(17)8(16)3-14;1-2-9(13)15-6-7(12)5-14-8(3-10)4-11;1-2-9(13)15-8(4-11)6-14-5-7(12)3-10;1-2-9(13)15-8(5-12)6-14-7(3-10)4-11;1-2-9(13)14-8(6-12)7(5-11)3-4-10;1-2-6(10)7-3-5(9)4-8;1-2-6(9)10-4-5(8)3-7/h7-11,14-19H,1,3-5H2,2H3;3*2,7-8,10-12H,1,3-6H2;2,7-8,10-12H,1,3-6H2;2,5,8-9H,1,3-4H2,(H,7,10);2,5,7-8H,1,3-4H2. The fourth-order valence-corrected chi connectivity index (χ4v) is 5.70. The van der Waals surface area contributed by atoms with E-state index in [2.05, 4.69) is 70.3 Å². The van der Waals surface area contributed by atoms with Gasteiger partial charge in [0.1, 0.15) is 87.0 Å². The summed E-state index contributed by atoms with van der Waals surface area (Å²) in [6, 6.07) is 0. The Bertz CT molecular complexity index is 2210. The summed E-state index contributed by atoms with van der Waals surface area (Å²) in [6.45, 7) is 17.5. The number of hydrogen-bond acceptors (Lipinski definition) is 40. The molecule has 40 nitrogen and oxygen atoms in total. The molecule has 0 aliphatic carbocycles. The van der Waals surface area contributed by atoms with Crippen molar-refractivity contribution in [2.75, 3.05) is 144 Å². The molecular formula is C61H107NO39S. The van der Waals surface area contributed by atoms with Gasteiger partial charge < -0.3 is 160 Å². The molecule has 0 aliphatic heterocycles. The summed E-state index contributed by atoms with van der Waals surface area (Å²) in [6.07, 6.45) is -10.5. The lowest BCUT2D eigenvalue weighted by Gasteiger charge is -2.24. The largest absolute Gasteiger partial charge is 0.461 e. The minimum atomic E-state index is -2.21. The summed E-state index contributed by atoms with van der Waals surface area (Å²) in [5.74, 6) is -5.31. The number of esters is 6. The maximum Gasteiger partial charge on any atom is 0.337 e. The molecular weight excluding hydrogens is 1400 g/mol. The molecule has 0 bridgehead atoms. The van der Waals surface area contributed by atoms with Crippen molar-refractivity contribution in [3.8, 4) is 0 Å². The van der Waals surface area contributed by atoms with Crippen molar-refractivity contribution < 1.29 is 193 Å². The molecule has 0 aromatic carbocycles. The molecule has 23 N–H and O–H groups in total. The summed E-state index contributed by atoms with van der Waals surface area (Å²) in [7, 11) is 0. The average Bonchev–Trinajstić information content (AvgIpc) is 0.883. The van der Waals surface area contributed by atoms with Gasteiger partial charge in [0.15, 0.2) is 6.10 Å². The van der Waals surface area contributed by atoms with Crippen molar-refractivity contribution in [2.24, 2.45) is 5.92 Å². The first-order chi connectivity index (χ1) is 48.1. The highest BCUT2D eigenvalue weighted by atomic mass is 32.2. The lowest BCUT2D eigenvalue weighted by Crippen LogP contribution is -2.49. The van der Waals surface area contributed by atoms with Crippen LogP contribution in [0, 0.1) is 5.92 Å². The van der Waals surface area contributed by atoms with Crippen LogP contribution >= 0.6 is 11.8 Å². The van der Waals surface area contributed by atoms with Crippen molar-refractivity contribution in [1.29, 1.82) is 0 Å². The van der Waals surface area contributed by atoms with Crippen LogP contribution in [0.1, 0.15) is 13.3 Å². The Hall–Kier alpha value is -6.51. The molecule has 41 heteroatoms. The molecule has 0 aliphatic rings. The number of carbonyl (C=O) groups is 8. The highest BCUT2D eigenvalue weighted by Crippen LogP contribution is 2.12. The van der Waals surface area contributed by atoms with Crippen LogP contribution in [0.2, 0.25) is 0 Å². The quantitative estimate of drug-likeness (QED) is 0.0153. The Morgan fingerprint density at radius 2 is 0.863 bits per heavy atom. The molecule has 0 saturated carbocycles. The molecule has 1 amide bonds. The first-order valence-corrected chi connectivity index (χ1v) is 31.0.